The van der Waals surface area contributed by atoms with Crippen LogP contribution in [0.5, 0.6) is 0 Å². The van der Waals surface area contributed by atoms with Crippen LogP contribution in [0.3, 0.4) is 0 Å². The highest BCUT2D eigenvalue weighted by Crippen LogP contribution is 2.22. The van der Waals surface area contributed by atoms with Crippen LogP contribution in [0, 0.1) is 5.92 Å². The third-order valence-electron chi connectivity index (χ3n) is 5.33. The number of nitrogens with one attached hydrogen (secondary N) is 1. The fourth-order valence-corrected chi connectivity index (χ4v) is 3.71. The van der Waals surface area contributed by atoms with Crippen LogP contribution in [0.2, 0.25) is 0 Å². The van der Waals surface area contributed by atoms with Crippen molar-refractivity contribution in [3.05, 3.63) is 51.7 Å². The molecule has 4 heterocycles. The summed E-state index contributed by atoms with van der Waals surface area (Å²) in [4.78, 5) is 29.3. The predicted octanol–water partition coefficient (Wildman–Crippen LogP) is 1.96. The van der Waals surface area contributed by atoms with Crippen molar-refractivity contribution in [2.24, 2.45) is 5.92 Å². The molecule has 2 aliphatic heterocycles. The van der Waals surface area contributed by atoms with Crippen LogP contribution in [0.25, 0.3) is 0 Å². The van der Waals surface area contributed by atoms with E-state index in [0.717, 1.165) is 74.3 Å². The molecule has 0 aliphatic carbocycles. The van der Waals surface area contributed by atoms with Gasteiger partial charge in [-0.25, -0.2) is 4.98 Å². The molecule has 0 saturated carbocycles. The van der Waals surface area contributed by atoms with Crippen LogP contribution >= 0.6 is 0 Å². The van der Waals surface area contributed by atoms with Crippen molar-refractivity contribution < 1.29 is 0 Å². The lowest BCUT2D eigenvalue weighted by Gasteiger charge is -2.32. The minimum Gasteiger partial charge on any atom is -0.342 e. The van der Waals surface area contributed by atoms with Crippen LogP contribution in [0.1, 0.15) is 36.7 Å². The van der Waals surface area contributed by atoms with Crippen molar-refractivity contribution in [1.29, 1.82) is 0 Å². The molecule has 0 amide bonds. The van der Waals surface area contributed by atoms with Crippen molar-refractivity contribution in [2.45, 2.75) is 39.3 Å². The number of hydrogen-bond donors (Lipinski definition) is 1. The molecule has 0 atom stereocenters. The van der Waals surface area contributed by atoms with E-state index in [1.807, 2.05) is 24.4 Å². The average Bonchev–Trinajstić information content (AvgIpc) is 2.63. The zero-order valence-corrected chi connectivity index (χ0v) is 14.7. The summed E-state index contributed by atoms with van der Waals surface area (Å²) in [6.45, 7) is 6.62. The summed E-state index contributed by atoms with van der Waals surface area (Å²) in [5.41, 5.74) is 2.88. The fourth-order valence-electron chi connectivity index (χ4n) is 3.71. The van der Waals surface area contributed by atoms with Gasteiger partial charge in [-0.3, -0.25) is 19.7 Å². The number of anilines is 1. The number of aromatic amines is 1. The van der Waals surface area contributed by atoms with Crippen molar-refractivity contribution in [1.82, 2.24) is 19.9 Å². The molecule has 0 bridgehead atoms. The van der Waals surface area contributed by atoms with E-state index in [-0.39, 0.29) is 5.56 Å². The number of piperidine rings is 1. The Hall–Kier alpha value is -2.21. The molecule has 132 valence electrons. The fraction of sp³-hybridized carbons (Fsp3) is 0.526. The molecule has 6 nitrogen and oxygen atoms in total. The van der Waals surface area contributed by atoms with Crippen LogP contribution < -0.4 is 10.5 Å². The summed E-state index contributed by atoms with van der Waals surface area (Å²) in [6.07, 6.45) is 4.90. The molecule has 2 aromatic heterocycles. The molecule has 0 unspecified atom stereocenters. The Morgan fingerprint density at radius 3 is 2.84 bits per heavy atom. The van der Waals surface area contributed by atoms with Gasteiger partial charge in [-0.2, -0.15) is 0 Å². The van der Waals surface area contributed by atoms with E-state index < -0.39 is 0 Å². The normalized spacial score (nSPS) is 19.0. The largest absolute Gasteiger partial charge is 0.342 e. The zero-order valence-electron chi connectivity index (χ0n) is 14.7. The first-order valence-corrected chi connectivity index (χ1v) is 9.18. The standard InChI is InChI=1S/C19H25N5O/c1-14-5-10-24(11-6-14)19-21-17-13-23(9-7-16(17)18(25)22-19)12-15-4-2-3-8-20-15/h2-4,8,14H,5-7,9-13H2,1H3,(H,21,22,25). The van der Waals surface area contributed by atoms with E-state index in [1.54, 1.807) is 0 Å². The molecule has 2 aromatic rings. The van der Waals surface area contributed by atoms with Crippen molar-refractivity contribution in [3.63, 3.8) is 0 Å². The van der Waals surface area contributed by atoms with Crippen LogP contribution in [-0.4, -0.2) is 39.5 Å². The zero-order chi connectivity index (χ0) is 17.2. The molecular formula is C19H25N5O. The number of pyridine rings is 1. The lowest BCUT2D eigenvalue weighted by atomic mass is 9.99. The van der Waals surface area contributed by atoms with Gasteiger partial charge in [-0.15, -0.1) is 0 Å². The smallest absolute Gasteiger partial charge is 0.255 e. The molecule has 0 radical (unpaired) electrons. The Balaban J connectivity index is 1.53. The van der Waals surface area contributed by atoms with Gasteiger partial charge < -0.3 is 4.90 Å². The van der Waals surface area contributed by atoms with Crippen LogP contribution in [0.15, 0.2) is 29.2 Å². The van der Waals surface area contributed by atoms with Gasteiger partial charge in [0.2, 0.25) is 5.95 Å². The quantitative estimate of drug-likeness (QED) is 0.926. The van der Waals surface area contributed by atoms with E-state index in [9.17, 15) is 4.79 Å². The Morgan fingerprint density at radius 1 is 1.24 bits per heavy atom. The summed E-state index contributed by atoms with van der Waals surface area (Å²) < 4.78 is 0. The molecule has 1 saturated heterocycles. The highest BCUT2D eigenvalue weighted by atomic mass is 16.1. The Bertz CT molecular complexity index is 780. The van der Waals surface area contributed by atoms with Gasteiger partial charge in [0.15, 0.2) is 0 Å². The molecule has 0 spiro atoms. The van der Waals surface area contributed by atoms with Crippen molar-refractivity contribution >= 4 is 5.95 Å². The van der Waals surface area contributed by atoms with Crippen LogP contribution in [0.4, 0.5) is 5.95 Å². The molecule has 1 fully saturated rings. The van der Waals surface area contributed by atoms with E-state index in [0.29, 0.717) is 6.54 Å². The SMILES string of the molecule is CC1CCN(c2nc3c(c(=O)[nH]2)CCN(Cc2ccccn2)C3)CC1. The third kappa shape index (κ3) is 3.58. The summed E-state index contributed by atoms with van der Waals surface area (Å²) in [7, 11) is 0. The molecule has 6 heteroatoms. The van der Waals surface area contributed by atoms with Crippen molar-refractivity contribution in [3.8, 4) is 0 Å². The second-order valence-corrected chi connectivity index (χ2v) is 7.27. The number of aromatic nitrogens is 3. The summed E-state index contributed by atoms with van der Waals surface area (Å²) in [5, 5.41) is 0. The summed E-state index contributed by atoms with van der Waals surface area (Å²) in [5.74, 6) is 1.50. The van der Waals surface area contributed by atoms with Gasteiger partial charge in [0, 0.05) is 44.5 Å². The molecule has 4 rings (SSSR count). The predicted molar refractivity (Wildman–Crippen MR) is 97.5 cm³/mol. The van der Waals surface area contributed by atoms with Gasteiger partial charge in [0.05, 0.1) is 11.4 Å². The first kappa shape index (κ1) is 16.3. The summed E-state index contributed by atoms with van der Waals surface area (Å²) >= 11 is 0. The number of rotatable bonds is 3. The average molecular weight is 339 g/mol. The minimum absolute atomic E-state index is 0.0381. The van der Waals surface area contributed by atoms with Gasteiger partial charge in [0.1, 0.15) is 0 Å². The Morgan fingerprint density at radius 2 is 2.08 bits per heavy atom. The van der Waals surface area contributed by atoms with Crippen molar-refractivity contribution in [2.75, 3.05) is 24.5 Å². The molecule has 1 N–H and O–H groups in total. The first-order valence-electron chi connectivity index (χ1n) is 9.18. The van der Waals surface area contributed by atoms with Gasteiger partial charge in [-0.05, 0) is 37.3 Å². The monoisotopic (exact) mass is 339 g/mol. The lowest BCUT2D eigenvalue weighted by molar-refractivity contribution is 0.237. The van der Waals surface area contributed by atoms with E-state index in [1.165, 1.54) is 0 Å². The lowest BCUT2D eigenvalue weighted by Crippen LogP contribution is -2.39. The van der Waals surface area contributed by atoms with E-state index >= 15 is 0 Å². The minimum atomic E-state index is 0.0381. The molecular weight excluding hydrogens is 314 g/mol. The first-order chi connectivity index (χ1) is 12.2. The van der Waals surface area contributed by atoms with Gasteiger partial charge in [0.25, 0.3) is 5.56 Å². The maximum Gasteiger partial charge on any atom is 0.255 e. The van der Waals surface area contributed by atoms with E-state index in [4.69, 9.17) is 4.98 Å². The molecule has 2 aliphatic rings. The second-order valence-electron chi connectivity index (χ2n) is 7.27. The number of fused-ring (bicyclic) bond motifs is 1. The third-order valence-corrected chi connectivity index (χ3v) is 5.33. The van der Waals surface area contributed by atoms with Gasteiger partial charge in [-0.1, -0.05) is 13.0 Å². The second kappa shape index (κ2) is 6.96. The van der Waals surface area contributed by atoms with Gasteiger partial charge >= 0.3 is 0 Å². The Labute approximate surface area is 147 Å². The summed E-state index contributed by atoms with van der Waals surface area (Å²) in [6, 6.07) is 5.99. The highest BCUT2D eigenvalue weighted by molar-refractivity contribution is 5.34. The maximum atomic E-state index is 12.5. The number of hydrogen-bond acceptors (Lipinski definition) is 5. The topological polar surface area (TPSA) is 65.1 Å². The number of nitrogens with zero attached hydrogens (tertiary/aromatic N) is 4. The molecule has 0 aromatic carbocycles. The maximum absolute atomic E-state index is 12.5. The number of H-pyrrole nitrogens is 1. The van der Waals surface area contributed by atoms with E-state index in [2.05, 4.69) is 26.7 Å². The molecule has 25 heavy (non-hydrogen) atoms. The van der Waals surface area contributed by atoms with Crippen LogP contribution in [-0.2, 0) is 19.5 Å². The highest BCUT2D eigenvalue weighted by Gasteiger charge is 2.24. The Kier molecular flexibility index (Phi) is 4.53.